The first kappa shape index (κ1) is 15.8. The van der Waals surface area contributed by atoms with E-state index in [2.05, 4.69) is 5.10 Å². The van der Waals surface area contributed by atoms with Gasteiger partial charge in [0.05, 0.1) is 5.02 Å². The Balaban J connectivity index is 2.51. The van der Waals surface area contributed by atoms with E-state index >= 15 is 0 Å². The highest BCUT2D eigenvalue weighted by molar-refractivity contribution is 6.37. The maximum Gasteiger partial charge on any atom is 0.270 e. The fourth-order valence-corrected chi connectivity index (χ4v) is 2.22. The van der Waals surface area contributed by atoms with Gasteiger partial charge in [-0.25, -0.2) is 9.07 Å². The minimum absolute atomic E-state index is 0.00694. The highest BCUT2D eigenvalue weighted by atomic mass is 35.5. The molecule has 7 heteroatoms. The maximum absolute atomic E-state index is 13.5. The van der Waals surface area contributed by atoms with Gasteiger partial charge < -0.3 is 4.74 Å². The lowest BCUT2D eigenvalue weighted by Crippen LogP contribution is -2.24. The number of hydrogen-bond acceptors (Lipinski definition) is 3. The molecule has 21 heavy (non-hydrogen) atoms. The van der Waals surface area contributed by atoms with Crippen molar-refractivity contribution in [2.45, 2.75) is 19.8 Å². The lowest BCUT2D eigenvalue weighted by atomic mass is 10.1. The quantitative estimate of drug-likeness (QED) is 0.794. The SMILES string of the molecule is CC(C)c1cc(Oc2c(Cl)ccc(F)c2Cl)nn(C)c1=O. The van der Waals surface area contributed by atoms with Crippen molar-refractivity contribution >= 4 is 23.2 Å². The Labute approximate surface area is 131 Å². The molecule has 0 radical (unpaired) electrons. The fourth-order valence-electron chi connectivity index (χ4n) is 1.77. The molecule has 2 aromatic rings. The van der Waals surface area contributed by atoms with E-state index in [-0.39, 0.29) is 33.2 Å². The number of rotatable bonds is 3. The second-order valence-corrected chi connectivity index (χ2v) is 5.58. The summed E-state index contributed by atoms with van der Waals surface area (Å²) in [7, 11) is 1.51. The van der Waals surface area contributed by atoms with Crippen molar-refractivity contribution in [3.05, 3.63) is 50.0 Å². The van der Waals surface area contributed by atoms with Gasteiger partial charge in [0.25, 0.3) is 5.56 Å². The highest BCUT2D eigenvalue weighted by Crippen LogP contribution is 2.37. The molecule has 0 saturated carbocycles. The van der Waals surface area contributed by atoms with Crippen LogP contribution in [0.15, 0.2) is 23.0 Å². The van der Waals surface area contributed by atoms with Crippen LogP contribution in [-0.2, 0) is 7.05 Å². The Morgan fingerprint density at radius 2 is 2.00 bits per heavy atom. The predicted molar refractivity (Wildman–Crippen MR) is 80.1 cm³/mol. The Kier molecular flexibility index (Phi) is 4.54. The van der Waals surface area contributed by atoms with Crippen LogP contribution in [0, 0.1) is 5.82 Å². The number of benzene rings is 1. The molecule has 0 N–H and O–H groups in total. The monoisotopic (exact) mass is 330 g/mol. The molecule has 0 aliphatic rings. The van der Waals surface area contributed by atoms with E-state index in [1.165, 1.54) is 19.2 Å². The van der Waals surface area contributed by atoms with Gasteiger partial charge in [-0.2, -0.15) is 0 Å². The van der Waals surface area contributed by atoms with Gasteiger partial charge >= 0.3 is 0 Å². The van der Waals surface area contributed by atoms with E-state index in [0.29, 0.717) is 5.56 Å². The van der Waals surface area contributed by atoms with E-state index in [9.17, 15) is 9.18 Å². The van der Waals surface area contributed by atoms with Gasteiger partial charge in [-0.05, 0) is 18.1 Å². The number of aryl methyl sites for hydroxylation is 1. The van der Waals surface area contributed by atoms with Crippen LogP contribution in [-0.4, -0.2) is 9.78 Å². The highest BCUT2D eigenvalue weighted by Gasteiger charge is 2.16. The summed E-state index contributed by atoms with van der Waals surface area (Å²) in [4.78, 5) is 11.9. The molecule has 0 bridgehead atoms. The molecule has 0 saturated heterocycles. The first-order valence-corrected chi connectivity index (χ1v) is 6.96. The fraction of sp³-hybridized carbons (Fsp3) is 0.286. The van der Waals surface area contributed by atoms with Crippen molar-refractivity contribution in [1.29, 1.82) is 0 Å². The second kappa shape index (κ2) is 6.03. The molecule has 0 fully saturated rings. The van der Waals surface area contributed by atoms with Crippen LogP contribution in [0.3, 0.4) is 0 Å². The lowest BCUT2D eigenvalue weighted by Gasteiger charge is -2.12. The Bertz CT molecular complexity index is 744. The van der Waals surface area contributed by atoms with Crippen molar-refractivity contribution < 1.29 is 9.13 Å². The maximum atomic E-state index is 13.5. The molecule has 112 valence electrons. The molecule has 0 aliphatic carbocycles. The molecule has 0 aliphatic heterocycles. The average molecular weight is 331 g/mol. The molecule has 1 aromatic carbocycles. The predicted octanol–water partition coefficient (Wildman–Crippen LogP) is 4.14. The third-order valence-electron chi connectivity index (χ3n) is 2.90. The zero-order valence-electron chi connectivity index (χ0n) is 11.7. The summed E-state index contributed by atoms with van der Waals surface area (Å²) in [5.41, 5.74) is 0.319. The van der Waals surface area contributed by atoms with Gasteiger partial charge in [0.15, 0.2) is 5.75 Å². The Hall–Kier alpha value is -1.59. The van der Waals surface area contributed by atoms with Crippen molar-refractivity contribution in [3.63, 3.8) is 0 Å². The molecule has 0 spiro atoms. The van der Waals surface area contributed by atoms with Crippen LogP contribution in [0.5, 0.6) is 11.6 Å². The smallest absolute Gasteiger partial charge is 0.270 e. The molecule has 0 amide bonds. The van der Waals surface area contributed by atoms with Gasteiger partial charge in [-0.1, -0.05) is 37.0 Å². The number of ether oxygens (including phenoxy) is 1. The van der Waals surface area contributed by atoms with E-state index < -0.39 is 5.82 Å². The summed E-state index contributed by atoms with van der Waals surface area (Å²) >= 11 is 11.8. The zero-order valence-corrected chi connectivity index (χ0v) is 13.2. The standard InChI is InChI=1S/C14H13Cl2FN2O2/c1-7(2)8-6-11(18-19(3)14(8)20)21-13-9(15)4-5-10(17)12(13)16/h4-7H,1-3H3. The number of halogens is 3. The number of aromatic nitrogens is 2. The Morgan fingerprint density at radius 3 is 2.62 bits per heavy atom. The summed E-state index contributed by atoms with van der Waals surface area (Å²) in [6, 6.07) is 3.99. The van der Waals surface area contributed by atoms with Gasteiger partial charge in [0, 0.05) is 18.7 Å². The third kappa shape index (κ3) is 3.19. The van der Waals surface area contributed by atoms with Crippen molar-refractivity contribution in [3.8, 4) is 11.6 Å². The molecular formula is C14H13Cl2FN2O2. The summed E-state index contributed by atoms with van der Waals surface area (Å²) in [6.07, 6.45) is 0. The lowest BCUT2D eigenvalue weighted by molar-refractivity contribution is 0.434. The van der Waals surface area contributed by atoms with E-state index in [0.717, 1.165) is 10.7 Å². The van der Waals surface area contributed by atoms with Gasteiger partial charge in [0.1, 0.15) is 10.8 Å². The molecular weight excluding hydrogens is 318 g/mol. The van der Waals surface area contributed by atoms with E-state index in [4.69, 9.17) is 27.9 Å². The topological polar surface area (TPSA) is 44.1 Å². The summed E-state index contributed by atoms with van der Waals surface area (Å²) in [6.45, 7) is 3.76. The van der Waals surface area contributed by atoms with E-state index in [1.807, 2.05) is 13.8 Å². The molecule has 1 heterocycles. The van der Waals surface area contributed by atoms with Crippen LogP contribution in [0.4, 0.5) is 4.39 Å². The minimum atomic E-state index is -0.648. The zero-order chi connectivity index (χ0) is 15.7. The van der Waals surface area contributed by atoms with Crippen molar-refractivity contribution in [1.82, 2.24) is 9.78 Å². The Morgan fingerprint density at radius 1 is 1.33 bits per heavy atom. The normalized spacial score (nSPS) is 11.0. The van der Waals surface area contributed by atoms with Crippen LogP contribution >= 0.6 is 23.2 Å². The average Bonchev–Trinajstić information content (AvgIpc) is 2.42. The third-order valence-corrected chi connectivity index (χ3v) is 3.55. The van der Waals surface area contributed by atoms with Gasteiger partial charge in [-0.3, -0.25) is 4.79 Å². The summed E-state index contributed by atoms with van der Waals surface area (Å²) in [5.74, 6) is -0.563. The largest absolute Gasteiger partial charge is 0.434 e. The first-order chi connectivity index (χ1) is 9.81. The minimum Gasteiger partial charge on any atom is -0.434 e. The molecule has 0 atom stereocenters. The molecule has 4 nitrogen and oxygen atoms in total. The number of nitrogens with zero attached hydrogens (tertiary/aromatic N) is 2. The van der Waals surface area contributed by atoms with Gasteiger partial charge in [0.2, 0.25) is 5.88 Å². The van der Waals surface area contributed by atoms with Crippen LogP contribution in [0.25, 0.3) is 0 Å². The first-order valence-electron chi connectivity index (χ1n) is 6.21. The van der Waals surface area contributed by atoms with Crippen molar-refractivity contribution in [2.75, 3.05) is 0 Å². The summed E-state index contributed by atoms with van der Waals surface area (Å²) < 4.78 is 20.1. The molecule has 0 unspecified atom stereocenters. The van der Waals surface area contributed by atoms with Gasteiger partial charge in [-0.15, -0.1) is 5.10 Å². The summed E-state index contributed by atoms with van der Waals surface area (Å²) in [5, 5.41) is 3.89. The molecule has 2 rings (SSSR count). The van der Waals surface area contributed by atoms with Crippen molar-refractivity contribution in [2.24, 2.45) is 7.05 Å². The van der Waals surface area contributed by atoms with Crippen LogP contribution < -0.4 is 10.3 Å². The number of hydrogen-bond donors (Lipinski definition) is 0. The van der Waals surface area contributed by atoms with Crippen LogP contribution in [0.2, 0.25) is 10.0 Å². The molecule has 1 aromatic heterocycles. The second-order valence-electron chi connectivity index (χ2n) is 4.80. The van der Waals surface area contributed by atoms with Crippen LogP contribution in [0.1, 0.15) is 25.3 Å². The van der Waals surface area contributed by atoms with E-state index in [1.54, 1.807) is 0 Å².